The van der Waals surface area contributed by atoms with E-state index in [-0.39, 0.29) is 12.5 Å². The molecule has 0 N–H and O–H groups in total. The molecule has 1 aromatic carbocycles. The van der Waals surface area contributed by atoms with Gasteiger partial charge in [0.25, 0.3) is 5.91 Å². The lowest BCUT2D eigenvalue weighted by molar-refractivity contribution is -0.143. The Labute approximate surface area is 109 Å². The molecule has 0 radical (unpaired) electrons. The van der Waals surface area contributed by atoms with Crippen LogP contribution in [-0.4, -0.2) is 37.0 Å². The van der Waals surface area contributed by atoms with Crippen molar-refractivity contribution in [3.63, 3.8) is 0 Å². The summed E-state index contributed by atoms with van der Waals surface area (Å²) in [5.41, 5.74) is 0.527. The van der Waals surface area contributed by atoms with Crippen LogP contribution in [0.5, 0.6) is 0 Å². The quantitative estimate of drug-likeness (QED) is 0.800. The Morgan fingerprint density at radius 2 is 2.00 bits per heavy atom. The van der Waals surface area contributed by atoms with Crippen LogP contribution in [0.3, 0.4) is 0 Å². The third-order valence-electron chi connectivity index (χ3n) is 2.12. The van der Waals surface area contributed by atoms with Gasteiger partial charge in [0.2, 0.25) is 0 Å². The van der Waals surface area contributed by atoms with Gasteiger partial charge in [0.05, 0.1) is 12.2 Å². The minimum Gasteiger partial charge on any atom is -0.465 e. The number of benzene rings is 1. The number of esters is 1. The lowest BCUT2D eigenvalue weighted by Gasteiger charge is -2.16. The molecule has 0 saturated carbocycles. The largest absolute Gasteiger partial charge is 0.465 e. The number of carbonyl (C=O) groups is 2. The minimum absolute atomic E-state index is 0.0476. The smallest absolute Gasteiger partial charge is 0.325 e. The van der Waals surface area contributed by atoms with Gasteiger partial charge >= 0.3 is 5.97 Å². The molecule has 0 atom stereocenters. The van der Waals surface area contributed by atoms with Crippen LogP contribution in [0.15, 0.2) is 28.7 Å². The molecule has 0 unspecified atom stereocenters. The van der Waals surface area contributed by atoms with Crippen molar-refractivity contribution in [2.24, 2.45) is 0 Å². The van der Waals surface area contributed by atoms with E-state index in [4.69, 9.17) is 4.74 Å². The molecule has 0 aliphatic heterocycles. The molecular weight excluding hydrogens is 286 g/mol. The van der Waals surface area contributed by atoms with Crippen molar-refractivity contribution in [3.05, 3.63) is 34.3 Å². The van der Waals surface area contributed by atoms with Crippen molar-refractivity contribution in [2.75, 3.05) is 20.2 Å². The normalized spacial score (nSPS) is 9.82. The first-order valence-corrected chi connectivity index (χ1v) is 6.01. The average Bonchev–Trinajstić information content (AvgIpc) is 2.29. The van der Waals surface area contributed by atoms with E-state index >= 15 is 0 Å². The molecule has 92 valence electrons. The number of ether oxygens (including phenoxy) is 1. The van der Waals surface area contributed by atoms with Gasteiger partial charge in [-0.1, -0.05) is 12.1 Å². The zero-order valence-electron chi connectivity index (χ0n) is 9.77. The number of hydrogen-bond acceptors (Lipinski definition) is 3. The van der Waals surface area contributed by atoms with Gasteiger partial charge < -0.3 is 9.64 Å². The molecule has 0 fully saturated rings. The highest BCUT2D eigenvalue weighted by molar-refractivity contribution is 9.10. The number of likely N-dealkylation sites (N-methyl/N-ethyl adjacent to an activating group) is 1. The summed E-state index contributed by atoms with van der Waals surface area (Å²) in [6.45, 7) is 2.00. The summed E-state index contributed by atoms with van der Waals surface area (Å²) in [6.07, 6.45) is 0. The fourth-order valence-corrected chi connectivity index (χ4v) is 1.77. The monoisotopic (exact) mass is 299 g/mol. The van der Waals surface area contributed by atoms with Crippen LogP contribution in [0.1, 0.15) is 17.3 Å². The van der Waals surface area contributed by atoms with Gasteiger partial charge in [-0.05, 0) is 35.0 Å². The van der Waals surface area contributed by atoms with Crippen molar-refractivity contribution in [1.82, 2.24) is 4.90 Å². The fraction of sp³-hybridized carbons (Fsp3) is 0.333. The van der Waals surface area contributed by atoms with Crippen molar-refractivity contribution in [1.29, 1.82) is 0 Å². The maximum atomic E-state index is 12.0. The highest BCUT2D eigenvalue weighted by atomic mass is 79.9. The SMILES string of the molecule is CCOC(=O)CN(C)C(=O)c1ccccc1Br. The van der Waals surface area contributed by atoms with Crippen molar-refractivity contribution in [3.8, 4) is 0 Å². The molecule has 0 saturated heterocycles. The second-order valence-electron chi connectivity index (χ2n) is 3.45. The van der Waals surface area contributed by atoms with Gasteiger partial charge in [-0.3, -0.25) is 9.59 Å². The Bertz CT molecular complexity index is 420. The standard InChI is InChI=1S/C12H14BrNO3/c1-3-17-11(15)8-14(2)12(16)9-6-4-5-7-10(9)13/h4-7H,3,8H2,1-2H3. The molecule has 1 aromatic rings. The van der Waals surface area contributed by atoms with Gasteiger partial charge in [-0.25, -0.2) is 0 Å². The van der Waals surface area contributed by atoms with Crippen LogP contribution in [-0.2, 0) is 9.53 Å². The van der Waals surface area contributed by atoms with E-state index in [1.165, 1.54) is 4.90 Å². The number of rotatable bonds is 4. The van der Waals surface area contributed by atoms with E-state index in [9.17, 15) is 9.59 Å². The highest BCUT2D eigenvalue weighted by Gasteiger charge is 2.17. The summed E-state index contributed by atoms with van der Waals surface area (Å²) in [4.78, 5) is 24.6. The van der Waals surface area contributed by atoms with E-state index in [0.29, 0.717) is 16.6 Å². The van der Waals surface area contributed by atoms with Crippen molar-refractivity contribution in [2.45, 2.75) is 6.92 Å². The molecule has 17 heavy (non-hydrogen) atoms. The first kappa shape index (κ1) is 13.7. The summed E-state index contributed by atoms with van der Waals surface area (Å²) < 4.78 is 5.49. The second kappa shape index (κ2) is 6.39. The van der Waals surface area contributed by atoms with Crippen molar-refractivity contribution >= 4 is 27.8 Å². The summed E-state index contributed by atoms with van der Waals surface area (Å²) in [7, 11) is 1.57. The van der Waals surface area contributed by atoms with Crippen molar-refractivity contribution < 1.29 is 14.3 Å². The van der Waals surface area contributed by atoms with E-state index in [1.807, 2.05) is 6.07 Å². The second-order valence-corrected chi connectivity index (χ2v) is 4.30. The molecule has 0 heterocycles. The van der Waals surface area contributed by atoms with Gasteiger partial charge in [0.15, 0.2) is 0 Å². The molecule has 0 aliphatic rings. The topological polar surface area (TPSA) is 46.6 Å². The summed E-state index contributed by atoms with van der Waals surface area (Å²) >= 11 is 3.30. The van der Waals surface area contributed by atoms with E-state index in [0.717, 1.165) is 0 Å². The van der Waals surface area contributed by atoms with Gasteiger partial charge in [-0.2, -0.15) is 0 Å². The predicted octanol–water partition coefficient (Wildman–Crippen LogP) is 2.08. The van der Waals surface area contributed by atoms with Crippen LogP contribution in [0, 0.1) is 0 Å². The molecule has 0 bridgehead atoms. The number of nitrogens with zero attached hydrogens (tertiary/aromatic N) is 1. The molecule has 0 spiro atoms. The third-order valence-corrected chi connectivity index (χ3v) is 2.81. The van der Waals surface area contributed by atoms with Gasteiger partial charge in [0.1, 0.15) is 6.54 Å². The first-order chi connectivity index (χ1) is 8.06. The predicted molar refractivity (Wildman–Crippen MR) is 67.7 cm³/mol. The maximum absolute atomic E-state index is 12.0. The fourth-order valence-electron chi connectivity index (χ4n) is 1.31. The Morgan fingerprint density at radius 1 is 1.35 bits per heavy atom. The lowest BCUT2D eigenvalue weighted by atomic mass is 10.2. The minimum atomic E-state index is -0.407. The molecule has 1 amide bonds. The number of halogens is 1. The number of hydrogen-bond donors (Lipinski definition) is 0. The molecular formula is C12H14BrNO3. The van der Waals surface area contributed by atoms with Crippen LogP contribution in [0.4, 0.5) is 0 Å². The summed E-state index contributed by atoms with van der Waals surface area (Å²) in [5.74, 6) is -0.624. The van der Waals surface area contributed by atoms with Crippen LogP contribution in [0.2, 0.25) is 0 Å². The number of carbonyl (C=O) groups excluding carboxylic acids is 2. The Balaban J connectivity index is 2.70. The van der Waals surface area contributed by atoms with E-state index < -0.39 is 5.97 Å². The molecule has 1 rings (SSSR count). The van der Waals surface area contributed by atoms with Crippen LogP contribution in [0.25, 0.3) is 0 Å². The number of amides is 1. The van der Waals surface area contributed by atoms with Crippen LogP contribution < -0.4 is 0 Å². The maximum Gasteiger partial charge on any atom is 0.325 e. The highest BCUT2D eigenvalue weighted by Crippen LogP contribution is 2.17. The summed E-state index contributed by atoms with van der Waals surface area (Å²) in [5, 5.41) is 0. The van der Waals surface area contributed by atoms with Gasteiger partial charge in [-0.15, -0.1) is 0 Å². The Kier molecular flexibility index (Phi) is 5.15. The molecule has 4 nitrogen and oxygen atoms in total. The van der Waals surface area contributed by atoms with E-state index in [2.05, 4.69) is 15.9 Å². The lowest BCUT2D eigenvalue weighted by Crippen LogP contribution is -2.33. The Morgan fingerprint density at radius 3 is 2.59 bits per heavy atom. The zero-order chi connectivity index (χ0) is 12.8. The van der Waals surface area contributed by atoms with Crippen LogP contribution >= 0.6 is 15.9 Å². The third kappa shape index (κ3) is 3.85. The molecule has 0 aliphatic carbocycles. The van der Waals surface area contributed by atoms with E-state index in [1.54, 1.807) is 32.2 Å². The van der Waals surface area contributed by atoms with Gasteiger partial charge in [0, 0.05) is 11.5 Å². The first-order valence-electron chi connectivity index (χ1n) is 5.22. The molecule has 5 heteroatoms. The summed E-state index contributed by atoms with van der Waals surface area (Å²) in [6, 6.07) is 7.09. The average molecular weight is 300 g/mol. The molecule has 0 aromatic heterocycles. The zero-order valence-corrected chi connectivity index (χ0v) is 11.4. The Hall–Kier alpha value is -1.36.